The molecule has 1 aromatic carbocycles. The first-order chi connectivity index (χ1) is 8.10. The maximum Gasteiger partial charge on any atom is 0.340 e. The zero-order valence-electron chi connectivity index (χ0n) is 10.1. The lowest BCUT2D eigenvalue weighted by Crippen LogP contribution is -2.07. The third-order valence-corrected chi connectivity index (χ3v) is 2.59. The highest BCUT2D eigenvalue weighted by Gasteiger charge is 2.16. The van der Waals surface area contributed by atoms with E-state index in [0.717, 1.165) is 38.5 Å². The summed E-state index contributed by atoms with van der Waals surface area (Å²) in [6.07, 6.45) is 3.28. The zero-order chi connectivity index (χ0) is 12.8. The van der Waals surface area contributed by atoms with Crippen molar-refractivity contribution in [2.75, 3.05) is 7.11 Å². The number of aryl methyl sites for hydroxylation is 1. The van der Waals surface area contributed by atoms with Crippen molar-refractivity contribution in [1.82, 2.24) is 0 Å². The zero-order valence-corrected chi connectivity index (χ0v) is 10.1. The minimum absolute atomic E-state index is 0.309. The second-order valence-corrected chi connectivity index (χ2v) is 3.87. The summed E-state index contributed by atoms with van der Waals surface area (Å²) in [7, 11) is 1.13. The Balaban J connectivity index is 2.89. The van der Waals surface area contributed by atoms with Gasteiger partial charge in [0.2, 0.25) is 0 Å². The van der Waals surface area contributed by atoms with Crippen molar-refractivity contribution in [3.8, 4) is 0 Å². The number of halogens is 2. The van der Waals surface area contributed by atoms with Crippen LogP contribution < -0.4 is 0 Å². The van der Waals surface area contributed by atoms with Gasteiger partial charge >= 0.3 is 5.97 Å². The molecule has 94 valence electrons. The number of esters is 1. The van der Waals surface area contributed by atoms with Crippen molar-refractivity contribution in [2.24, 2.45) is 0 Å². The highest BCUT2D eigenvalue weighted by molar-refractivity contribution is 5.89. The van der Waals surface area contributed by atoms with Gasteiger partial charge in [-0.1, -0.05) is 19.8 Å². The van der Waals surface area contributed by atoms with Gasteiger partial charge < -0.3 is 4.74 Å². The molecule has 17 heavy (non-hydrogen) atoms. The molecular weight excluding hydrogens is 226 g/mol. The highest BCUT2D eigenvalue weighted by Crippen LogP contribution is 2.18. The largest absolute Gasteiger partial charge is 0.465 e. The number of rotatable bonds is 5. The van der Waals surface area contributed by atoms with E-state index in [9.17, 15) is 13.6 Å². The molecule has 0 atom stereocenters. The van der Waals surface area contributed by atoms with Crippen LogP contribution in [0.25, 0.3) is 0 Å². The van der Waals surface area contributed by atoms with Crippen molar-refractivity contribution in [3.63, 3.8) is 0 Å². The monoisotopic (exact) mass is 242 g/mol. The van der Waals surface area contributed by atoms with E-state index in [-0.39, 0.29) is 5.56 Å². The third-order valence-electron chi connectivity index (χ3n) is 2.59. The number of unbranched alkanes of at least 4 members (excludes halogenated alkanes) is 2. The van der Waals surface area contributed by atoms with E-state index < -0.39 is 17.6 Å². The molecule has 2 nitrogen and oxygen atoms in total. The van der Waals surface area contributed by atoms with Crippen molar-refractivity contribution in [2.45, 2.75) is 32.6 Å². The average Bonchev–Trinajstić information content (AvgIpc) is 2.32. The Morgan fingerprint density at radius 1 is 1.24 bits per heavy atom. The molecule has 0 aromatic heterocycles. The molecular formula is C13H16F2O2. The summed E-state index contributed by atoms with van der Waals surface area (Å²) in [5, 5.41) is 0. The number of carbonyl (C=O) groups excluding carboxylic acids is 1. The van der Waals surface area contributed by atoms with E-state index >= 15 is 0 Å². The first-order valence-electron chi connectivity index (χ1n) is 5.66. The predicted octanol–water partition coefficient (Wildman–Crippen LogP) is 3.48. The van der Waals surface area contributed by atoms with E-state index in [2.05, 4.69) is 4.74 Å². The highest BCUT2D eigenvalue weighted by atomic mass is 19.1. The Kier molecular flexibility index (Phi) is 5.07. The minimum atomic E-state index is -0.860. The molecule has 0 aliphatic carbocycles. The molecule has 0 radical (unpaired) electrons. The summed E-state index contributed by atoms with van der Waals surface area (Å²) >= 11 is 0. The van der Waals surface area contributed by atoms with Gasteiger partial charge in [0.15, 0.2) is 0 Å². The molecule has 0 bridgehead atoms. The van der Waals surface area contributed by atoms with Gasteiger partial charge in [-0.25, -0.2) is 13.6 Å². The molecule has 0 heterocycles. The number of carbonyl (C=O) groups is 1. The first-order valence-corrected chi connectivity index (χ1v) is 5.66. The second kappa shape index (κ2) is 6.33. The molecule has 0 fully saturated rings. The fourth-order valence-corrected chi connectivity index (χ4v) is 1.61. The maximum atomic E-state index is 13.6. The quantitative estimate of drug-likeness (QED) is 0.583. The Labute approximate surface area is 99.6 Å². The van der Waals surface area contributed by atoms with Crippen LogP contribution in [0.1, 0.15) is 42.1 Å². The molecule has 0 unspecified atom stereocenters. The van der Waals surface area contributed by atoms with Gasteiger partial charge in [-0.15, -0.1) is 0 Å². The molecule has 0 N–H and O–H groups in total. The van der Waals surface area contributed by atoms with E-state index in [0.29, 0.717) is 12.0 Å². The van der Waals surface area contributed by atoms with Gasteiger partial charge in [-0.3, -0.25) is 0 Å². The molecule has 0 saturated heterocycles. The van der Waals surface area contributed by atoms with Crippen molar-refractivity contribution in [1.29, 1.82) is 0 Å². The van der Waals surface area contributed by atoms with Gasteiger partial charge in [0.25, 0.3) is 0 Å². The fraction of sp³-hybridized carbons (Fsp3) is 0.462. The van der Waals surface area contributed by atoms with Gasteiger partial charge in [0.05, 0.1) is 12.7 Å². The van der Waals surface area contributed by atoms with Crippen molar-refractivity contribution in [3.05, 3.63) is 34.9 Å². The molecule has 0 aliphatic heterocycles. The number of methoxy groups -OCH3 is 1. The van der Waals surface area contributed by atoms with Crippen LogP contribution in [0.5, 0.6) is 0 Å². The molecule has 0 spiro atoms. The van der Waals surface area contributed by atoms with Crippen LogP contribution in [0.4, 0.5) is 8.78 Å². The Bertz CT molecular complexity index is 403. The Hall–Kier alpha value is -1.45. The summed E-state index contributed by atoms with van der Waals surface area (Å²) in [5.41, 5.74) is -0.0483. The van der Waals surface area contributed by atoms with Crippen LogP contribution in [0.3, 0.4) is 0 Å². The molecule has 0 amide bonds. The number of benzene rings is 1. The number of hydrogen-bond donors (Lipinski definition) is 0. The van der Waals surface area contributed by atoms with Crippen LogP contribution in [-0.2, 0) is 11.2 Å². The molecule has 4 heteroatoms. The lowest BCUT2D eigenvalue weighted by Gasteiger charge is -2.06. The smallest absolute Gasteiger partial charge is 0.340 e. The summed E-state index contributed by atoms with van der Waals surface area (Å²) in [4.78, 5) is 11.1. The summed E-state index contributed by atoms with van der Waals surface area (Å²) in [6, 6.07) is 1.99. The fourth-order valence-electron chi connectivity index (χ4n) is 1.61. The second-order valence-electron chi connectivity index (χ2n) is 3.87. The summed E-state index contributed by atoms with van der Waals surface area (Å²) in [5.74, 6) is -2.14. The average molecular weight is 242 g/mol. The van der Waals surface area contributed by atoms with E-state index in [1.54, 1.807) is 0 Å². The van der Waals surface area contributed by atoms with Gasteiger partial charge in [0.1, 0.15) is 11.6 Å². The predicted molar refractivity (Wildman–Crippen MR) is 60.9 cm³/mol. The van der Waals surface area contributed by atoms with Crippen LogP contribution in [0.15, 0.2) is 12.1 Å². The van der Waals surface area contributed by atoms with Crippen LogP contribution in [0, 0.1) is 11.6 Å². The van der Waals surface area contributed by atoms with Crippen LogP contribution in [-0.4, -0.2) is 13.1 Å². The summed E-state index contributed by atoms with van der Waals surface area (Å²) in [6.45, 7) is 2.04. The maximum absolute atomic E-state index is 13.6. The number of ether oxygens (including phenoxy) is 1. The van der Waals surface area contributed by atoms with Gasteiger partial charge in [-0.05, 0) is 30.5 Å². The molecule has 1 rings (SSSR count). The molecule has 0 aliphatic rings. The van der Waals surface area contributed by atoms with E-state index in [4.69, 9.17) is 0 Å². The van der Waals surface area contributed by atoms with E-state index in [1.165, 1.54) is 0 Å². The van der Waals surface area contributed by atoms with Crippen molar-refractivity contribution < 1.29 is 18.3 Å². The van der Waals surface area contributed by atoms with Gasteiger partial charge in [0, 0.05) is 0 Å². The third kappa shape index (κ3) is 3.51. The number of hydrogen-bond acceptors (Lipinski definition) is 2. The van der Waals surface area contributed by atoms with Gasteiger partial charge in [-0.2, -0.15) is 0 Å². The SMILES string of the molecule is CCCCCc1cc(F)c(C(=O)OC)cc1F. The summed E-state index contributed by atoms with van der Waals surface area (Å²) < 4.78 is 31.5. The van der Waals surface area contributed by atoms with E-state index in [1.807, 2.05) is 6.92 Å². The van der Waals surface area contributed by atoms with Crippen LogP contribution in [0.2, 0.25) is 0 Å². The standard InChI is InChI=1S/C13H16F2O2/c1-3-4-5-6-9-7-12(15)10(8-11(9)14)13(16)17-2/h7-8H,3-6H2,1-2H3. The lowest BCUT2D eigenvalue weighted by molar-refractivity contribution is 0.0595. The topological polar surface area (TPSA) is 26.3 Å². The Morgan fingerprint density at radius 3 is 2.53 bits per heavy atom. The normalized spacial score (nSPS) is 10.4. The molecule has 1 aromatic rings. The first kappa shape index (κ1) is 13.6. The lowest BCUT2D eigenvalue weighted by atomic mass is 10.0. The molecule has 0 saturated carbocycles. The Morgan fingerprint density at radius 2 is 1.94 bits per heavy atom. The van der Waals surface area contributed by atoms with Crippen molar-refractivity contribution >= 4 is 5.97 Å². The van der Waals surface area contributed by atoms with Crippen LogP contribution >= 0.6 is 0 Å². The minimum Gasteiger partial charge on any atom is -0.465 e.